The van der Waals surface area contributed by atoms with E-state index in [0.717, 1.165) is 5.56 Å². The van der Waals surface area contributed by atoms with Gasteiger partial charge in [-0.3, -0.25) is 4.79 Å². The third-order valence-corrected chi connectivity index (χ3v) is 3.90. The Bertz CT molecular complexity index is 635. The number of ether oxygens (including phenoxy) is 3. The maximum atomic E-state index is 12.2. The molecule has 1 amide bonds. The zero-order valence-corrected chi connectivity index (χ0v) is 15.6. The first-order valence-corrected chi connectivity index (χ1v) is 8.47. The average molecular weight is 349 g/mol. The van der Waals surface area contributed by atoms with Gasteiger partial charge in [0.15, 0.2) is 5.78 Å². The molecule has 0 unspecified atom stereocenters. The molecule has 6 nitrogen and oxygen atoms in total. The lowest BCUT2D eigenvalue weighted by Gasteiger charge is -2.34. The molecule has 1 aromatic carbocycles. The minimum absolute atomic E-state index is 0.0429. The van der Waals surface area contributed by atoms with Gasteiger partial charge in [-0.2, -0.15) is 0 Å². The van der Waals surface area contributed by atoms with Crippen molar-refractivity contribution in [3.63, 3.8) is 0 Å². The third kappa shape index (κ3) is 5.46. The first-order valence-electron chi connectivity index (χ1n) is 8.47. The molecule has 1 fully saturated rings. The molecule has 1 aliphatic rings. The minimum atomic E-state index is -0.517. The van der Waals surface area contributed by atoms with Gasteiger partial charge in [0.05, 0.1) is 31.9 Å². The van der Waals surface area contributed by atoms with Crippen LogP contribution in [0.2, 0.25) is 0 Å². The Morgan fingerprint density at radius 1 is 1.32 bits per heavy atom. The Morgan fingerprint density at radius 3 is 2.64 bits per heavy atom. The number of carbonyl (C=O) groups is 2. The lowest BCUT2D eigenvalue weighted by atomic mass is 10.0. The molecule has 0 saturated carbocycles. The molecule has 1 atom stereocenters. The van der Waals surface area contributed by atoms with Crippen molar-refractivity contribution in [1.82, 2.24) is 4.90 Å². The van der Waals surface area contributed by atoms with Crippen LogP contribution in [0.1, 0.15) is 43.6 Å². The summed E-state index contributed by atoms with van der Waals surface area (Å²) in [6, 6.07) is 5.54. The number of Topliss-reactive ketones (excluding diaryl/α,β-unsaturated/α-hetero) is 1. The minimum Gasteiger partial charge on any atom is -0.496 e. The van der Waals surface area contributed by atoms with Crippen molar-refractivity contribution in [2.24, 2.45) is 0 Å². The number of hydrogen-bond acceptors (Lipinski definition) is 5. The van der Waals surface area contributed by atoms with Crippen molar-refractivity contribution in [2.75, 3.05) is 26.8 Å². The summed E-state index contributed by atoms with van der Waals surface area (Å²) < 4.78 is 16.4. The van der Waals surface area contributed by atoms with Crippen molar-refractivity contribution in [2.45, 2.75) is 45.8 Å². The van der Waals surface area contributed by atoms with E-state index in [1.165, 1.54) is 6.92 Å². The SMILES string of the molecule is COc1ccc(C[C@@H]2CN(C(=O)OC(C)(C)C)CCO2)cc1C(C)=O. The van der Waals surface area contributed by atoms with Crippen molar-refractivity contribution in [1.29, 1.82) is 0 Å². The van der Waals surface area contributed by atoms with Crippen LogP contribution in [0.15, 0.2) is 18.2 Å². The van der Waals surface area contributed by atoms with Crippen LogP contribution in [0.25, 0.3) is 0 Å². The highest BCUT2D eigenvalue weighted by Crippen LogP contribution is 2.22. The fourth-order valence-electron chi connectivity index (χ4n) is 2.76. The molecule has 1 heterocycles. The predicted molar refractivity (Wildman–Crippen MR) is 94.2 cm³/mol. The van der Waals surface area contributed by atoms with Crippen molar-refractivity contribution < 1.29 is 23.8 Å². The van der Waals surface area contributed by atoms with Crippen LogP contribution < -0.4 is 4.74 Å². The number of hydrogen-bond donors (Lipinski definition) is 0. The van der Waals surface area contributed by atoms with Gasteiger partial charge in [-0.1, -0.05) is 6.07 Å². The van der Waals surface area contributed by atoms with Crippen LogP contribution in [-0.2, 0) is 15.9 Å². The molecule has 0 aliphatic carbocycles. The van der Waals surface area contributed by atoms with E-state index < -0.39 is 5.60 Å². The van der Waals surface area contributed by atoms with Gasteiger partial charge in [-0.05, 0) is 45.4 Å². The Kier molecular flexibility index (Phi) is 6.06. The molecule has 6 heteroatoms. The maximum Gasteiger partial charge on any atom is 0.410 e. The van der Waals surface area contributed by atoms with Crippen LogP contribution in [-0.4, -0.2) is 55.3 Å². The Morgan fingerprint density at radius 2 is 2.04 bits per heavy atom. The molecule has 1 aliphatic heterocycles. The number of amides is 1. The van der Waals surface area contributed by atoms with E-state index in [1.807, 2.05) is 32.9 Å². The molecule has 0 spiro atoms. The normalized spacial score (nSPS) is 18.0. The highest BCUT2D eigenvalue weighted by molar-refractivity contribution is 5.97. The molecule has 138 valence electrons. The second-order valence-corrected chi connectivity index (χ2v) is 7.21. The van der Waals surface area contributed by atoms with Crippen molar-refractivity contribution in [3.8, 4) is 5.75 Å². The fraction of sp³-hybridized carbons (Fsp3) is 0.579. The lowest BCUT2D eigenvalue weighted by molar-refractivity contribution is -0.0415. The predicted octanol–water partition coefficient (Wildman–Crippen LogP) is 3.08. The average Bonchev–Trinajstić information content (AvgIpc) is 2.53. The summed E-state index contributed by atoms with van der Waals surface area (Å²) in [5.41, 5.74) is 1.01. The van der Waals surface area contributed by atoms with E-state index in [2.05, 4.69) is 0 Å². The molecular weight excluding hydrogens is 322 g/mol. The van der Waals surface area contributed by atoms with Crippen LogP contribution in [0.5, 0.6) is 5.75 Å². The van der Waals surface area contributed by atoms with E-state index >= 15 is 0 Å². The molecule has 0 N–H and O–H groups in total. The maximum absolute atomic E-state index is 12.2. The van der Waals surface area contributed by atoms with Crippen molar-refractivity contribution >= 4 is 11.9 Å². The summed E-state index contributed by atoms with van der Waals surface area (Å²) in [7, 11) is 1.55. The zero-order valence-electron chi connectivity index (χ0n) is 15.6. The molecule has 2 rings (SSSR count). The third-order valence-electron chi connectivity index (χ3n) is 3.90. The van der Waals surface area contributed by atoms with Gasteiger partial charge in [0.25, 0.3) is 0 Å². The summed E-state index contributed by atoms with van der Waals surface area (Å²) in [4.78, 5) is 25.7. The molecule has 0 aromatic heterocycles. The van der Waals surface area contributed by atoms with Gasteiger partial charge in [-0.15, -0.1) is 0 Å². The largest absolute Gasteiger partial charge is 0.496 e. The quantitative estimate of drug-likeness (QED) is 0.782. The highest BCUT2D eigenvalue weighted by Gasteiger charge is 2.28. The fourth-order valence-corrected chi connectivity index (χ4v) is 2.76. The Hall–Kier alpha value is -2.08. The number of carbonyl (C=O) groups excluding carboxylic acids is 2. The van der Waals surface area contributed by atoms with E-state index in [1.54, 1.807) is 18.1 Å². The monoisotopic (exact) mass is 349 g/mol. The Balaban J connectivity index is 2.04. The van der Waals surface area contributed by atoms with Crippen LogP contribution in [0, 0.1) is 0 Å². The van der Waals surface area contributed by atoms with E-state index in [9.17, 15) is 9.59 Å². The number of nitrogens with zero attached hydrogens (tertiary/aromatic N) is 1. The van der Waals surface area contributed by atoms with Crippen molar-refractivity contribution in [3.05, 3.63) is 29.3 Å². The summed E-state index contributed by atoms with van der Waals surface area (Å²) in [6.07, 6.45) is 0.165. The topological polar surface area (TPSA) is 65.1 Å². The molecule has 1 saturated heterocycles. The van der Waals surface area contributed by atoms with Crippen LogP contribution >= 0.6 is 0 Å². The second kappa shape index (κ2) is 7.87. The number of morpholine rings is 1. The lowest BCUT2D eigenvalue weighted by Crippen LogP contribution is -2.48. The number of benzene rings is 1. The van der Waals surface area contributed by atoms with Gasteiger partial charge < -0.3 is 19.1 Å². The molecule has 1 aromatic rings. The number of rotatable bonds is 4. The van der Waals surface area contributed by atoms with Gasteiger partial charge in [0.2, 0.25) is 0 Å². The van der Waals surface area contributed by atoms with Gasteiger partial charge in [-0.25, -0.2) is 4.79 Å². The first-order chi connectivity index (χ1) is 11.7. The van der Waals surface area contributed by atoms with Crippen LogP contribution in [0.3, 0.4) is 0 Å². The van der Waals surface area contributed by atoms with Gasteiger partial charge >= 0.3 is 6.09 Å². The summed E-state index contributed by atoms with van der Waals surface area (Å²) in [6.45, 7) is 8.53. The second-order valence-electron chi connectivity index (χ2n) is 7.21. The standard InChI is InChI=1S/C19H27NO5/c1-13(21)16-11-14(6-7-17(16)23-5)10-15-12-20(8-9-24-15)18(22)25-19(2,3)4/h6-7,11,15H,8-10,12H2,1-5H3/t15-/m1/s1. The van der Waals surface area contributed by atoms with Crippen LogP contribution in [0.4, 0.5) is 4.79 Å². The molecule has 25 heavy (non-hydrogen) atoms. The Labute approximate surface area is 149 Å². The zero-order chi connectivity index (χ0) is 18.6. The van der Waals surface area contributed by atoms with E-state index in [4.69, 9.17) is 14.2 Å². The molecule has 0 bridgehead atoms. The highest BCUT2D eigenvalue weighted by atomic mass is 16.6. The summed E-state index contributed by atoms with van der Waals surface area (Å²) >= 11 is 0. The number of methoxy groups -OCH3 is 1. The van der Waals surface area contributed by atoms with Gasteiger partial charge in [0.1, 0.15) is 11.4 Å². The molecular formula is C19H27NO5. The smallest absolute Gasteiger partial charge is 0.410 e. The van der Waals surface area contributed by atoms with E-state index in [-0.39, 0.29) is 18.0 Å². The molecule has 0 radical (unpaired) electrons. The van der Waals surface area contributed by atoms with Gasteiger partial charge in [0, 0.05) is 13.0 Å². The van der Waals surface area contributed by atoms with E-state index in [0.29, 0.717) is 37.4 Å². The number of ketones is 1. The summed E-state index contributed by atoms with van der Waals surface area (Å²) in [5, 5.41) is 0. The first kappa shape index (κ1) is 19.2. The summed E-state index contributed by atoms with van der Waals surface area (Å²) in [5.74, 6) is 0.523.